The Labute approximate surface area is 83.5 Å². The van der Waals surface area contributed by atoms with Gasteiger partial charge < -0.3 is 9.84 Å². The Morgan fingerprint density at radius 1 is 1.50 bits per heavy atom. The molecule has 0 bridgehead atoms. The zero-order valence-electron chi connectivity index (χ0n) is 9.03. The van der Waals surface area contributed by atoms with Crippen molar-refractivity contribution >= 4 is 0 Å². The Morgan fingerprint density at radius 2 is 2.14 bits per heavy atom. The van der Waals surface area contributed by atoms with Gasteiger partial charge in [0.25, 0.3) is 0 Å². The Bertz CT molecular complexity index is 290. The molecule has 0 spiro atoms. The van der Waals surface area contributed by atoms with Crippen molar-refractivity contribution in [3.8, 4) is 0 Å². The second-order valence-corrected chi connectivity index (χ2v) is 4.28. The highest BCUT2D eigenvalue weighted by Gasteiger charge is 2.29. The fourth-order valence-electron chi connectivity index (χ4n) is 1.34. The molecule has 0 aliphatic heterocycles. The number of hydrogen-bond acceptors (Lipinski definition) is 4. The number of nitrogens with one attached hydrogen (secondary N) is 1. The molecule has 0 amide bonds. The summed E-state index contributed by atoms with van der Waals surface area (Å²) in [7, 11) is 1.63. The van der Waals surface area contributed by atoms with Crippen LogP contribution in [0.25, 0.3) is 0 Å². The number of methoxy groups -OCH3 is 1. The molecule has 0 aliphatic carbocycles. The smallest absolute Gasteiger partial charge is 0.180 e. The van der Waals surface area contributed by atoms with Gasteiger partial charge in [0.2, 0.25) is 0 Å². The lowest BCUT2D eigenvalue weighted by Crippen LogP contribution is -2.21. The second-order valence-electron chi connectivity index (χ2n) is 4.28. The third kappa shape index (κ3) is 2.30. The van der Waals surface area contributed by atoms with Gasteiger partial charge in [-0.15, -0.1) is 0 Å². The van der Waals surface area contributed by atoms with E-state index in [-0.39, 0.29) is 18.1 Å². The third-order valence-corrected chi connectivity index (χ3v) is 1.96. The van der Waals surface area contributed by atoms with E-state index in [0.29, 0.717) is 11.6 Å². The van der Waals surface area contributed by atoms with Crippen molar-refractivity contribution in [3.63, 3.8) is 0 Å². The lowest BCUT2D eigenvalue weighted by Gasteiger charge is -2.26. The van der Waals surface area contributed by atoms with Gasteiger partial charge in [-0.2, -0.15) is 5.10 Å². The maximum Gasteiger partial charge on any atom is 0.180 e. The van der Waals surface area contributed by atoms with Crippen LogP contribution in [0, 0.1) is 5.41 Å². The van der Waals surface area contributed by atoms with Gasteiger partial charge in [0, 0.05) is 7.11 Å². The molecule has 5 heteroatoms. The summed E-state index contributed by atoms with van der Waals surface area (Å²) in [6, 6.07) is 0. The first-order chi connectivity index (χ1) is 6.49. The highest BCUT2D eigenvalue weighted by atomic mass is 16.5. The summed E-state index contributed by atoms with van der Waals surface area (Å²) in [4.78, 5) is 4.12. The number of hydrogen-bond donors (Lipinski definition) is 2. The van der Waals surface area contributed by atoms with Gasteiger partial charge in [0.15, 0.2) is 5.82 Å². The molecular formula is C9H17N3O2. The largest absolute Gasteiger partial charge is 0.388 e. The van der Waals surface area contributed by atoms with Crippen molar-refractivity contribution in [3.05, 3.63) is 11.6 Å². The predicted molar refractivity (Wildman–Crippen MR) is 51.5 cm³/mol. The number of rotatable bonds is 3. The molecule has 1 rings (SSSR count). The van der Waals surface area contributed by atoms with Gasteiger partial charge in [-0.25, -0.2) is 4.98 Å². The van der Waals surface area contributed by atoms with E-state index < -0.39 is 0 Å². The Morgan fingerprint density at radius 3 is 2.50 bits per heavy atom. The fraction of sp³-hybridized carbons (Fsp3) is 0.778. The predicted octanol–water partition coefficient (Wildman–Crippen LogP) is 1.03. The van der Waals surface area contributed by atoms with Gasteiger partial charge in [0.1, 0.15) is 18.5 Å². The number of aliphatic hydroxyl groups is 1. The third-order valence-electron chi connectivity index (χ3n) is 1.96. The van der Waals surface area contributed by atoms with Gasteiger partial charge in [-0.3, -0.25) is 5.10 Å². The number of nitrogens with zero attached hydrogens (tertiary/aromatic N) is 2. The molecule has 0 saturated heterocycles. The molecule has 80 valence electrons. The van der Waals surface area contributed by atoms with E-state index in [0.717, 1.165) is 0 Å². The number of aliphatic hydroxyl groups excluding tert-OH is 1. The van der Waals surface area contributed by atoms with E-state index >= 15 is 0 Å². The average Bonchev–Trinajstić information content (AvgIpc) is 2.51. The summed E-state index contributed by atoms with van der Waals surface area (Å²) in [6.45, 7) is 6.02. The zero-order chi connectivity index (χ0) is 10.8. The first-order valence-electron chi connectivity index (χ1n) is 4.54. The molecule has 0 aromatic carbocycles. The number of aromatic amines is 1. The SMILES string of the molecule is COC(c1n[nH]c(CO)n1)C(C)(C)C. The highest BCUT2D eigenvalue weighted by molar-refractivity contribution is 4.97. The van der Waals surface area contributed by atoms with Crippen LogP contribution < -0.4 is 0 Å². The van der Waals surface area contributed by atoms with Gasteiger partial charge in [-0.1, -0.05) is 20.8 Å². The van der Waals surface area contributed by atoms with Crippen LogP contribution >= 0.6 is 0 Å². The molecule has 0 radical (unpaired) electrons. The quantitative estimate of drug-likeness (QED) is 0.762. The molecule has 1 heterocycles. The molecule has 2 N–H and O–H groups in total. The van der Waals surface area contributed by atoms with Gasteiger partial charge in [0.05, 0.1) is 0 Å². The van der Waals surface area contributed by atoms with Crippen LogP contribution in [0.5, 0.6) is 0 Å². The second kappa shape index (κ2) is 4.06. The minimum atomic E-state index is -0.168. The van der Waals surface area contributed by atoms with Crippen molar-refractivity contribution in [2.24, 2.45) is 5.41 Å². The van der Waals surface area contributed by atoms with E-state index in [9.17, 15) is 0 Å². The standard InChI is InChI=1S/C9H17N3O2/c1-9(2,3)7(14-4)8-10-6(5-13)11-12-8/h7,13H,5H2,1-4H3,(H,10,11,12). The van der Waals surface area contributed by atoms with E-state index in [1.165, 1.54) is 0 Å². The minimum Gasteiger partial charge on any atom is -0.388 e. The normalized spacial score (nSPS) is 14.4. The maximum atomic E-state index is 8.83. The molecule has 1 atom stereocenters. The first kappa shape index (κ1) is 11.1. The van der Waals surface area contributed by atoms with Crippen LogP contribution in [-0.2, 0) is 11.3 Å². The van der Waals surface area contributed by atoms with E-state index in [4.69, 9.17) is 9.84 Å². The molecule has 1 aromatic rings. The summed E-state index contributed by atoms with van der Waals surface area (Å²) in [5.74, 6) is 1.05. The number of ether oxygens (including phenoxy) is 1. The van der Waals surface area contributed by atoms with E-state index in [1.807, 2.05) is 0 Å². The lowest BCUT2D eigenvalue weighted by atomic mass is 9.88. The van der Waals surface area contributed by atoms with Crippen molar-refractivity contribution in [1.82, 2.24) is 15.2 Å². The summed E-state index contributed by atoms with van der Waals surface area (Å²) < 4.78 is 5.33. The van der Waals surface area contributed by atoms with Crippen molar-refractivity contribution in [2.45, 2.75) is 33.5 Å². The van der Waals surface area contributed by atoms with Crippen molar-refractivity contribution < 1.29 is 9.84 Å². The zero-order valence-corrected chi connectivity index (χ0v) is 9.03. The van der Waals surface area contributed by atoms with Crippen LogP contribution in [0.1, 0.15) is 38.5 Å². The van der Waals surface area contributed by atoms with Crippen LogP contribution in [0.4, 0.5) is 0 Å². The van der Waals surface area contributed by atoms with Gasteiger partial charge >= 0.3 is 0 Å². The summed E-state index contributed by atoms with van der Waals surface area (Å²) in [6.07, 6.45) is -0.168. The Hall–Kier alpha value is -0.940. The Balaban J connectivity index is 2.90. The maximum absolute atomic E-state index is 8.83. The number of H-pyrrole nitrogens is 1. The Kier molecular flexibility index (Phi) is 3.23. The molecule has 0 saturated carbocycles. The highest BCUT2D eigenvalue weighted by Crippen LogP contribution is 2.33. The van der Waals surface area contributed by atoms with Crippen LogP contribution in [0.2, 0.25) is 0 Å². The van der Waals surface area contributed by atoms with Crippen LogP contribution in [0.3, 0.4) is 0 Å². The van der Waals surface area contributed by atoms with Gasteiger partial charge in [-0.05, 0) is 5.41 Å². The molecule has 0 aliphatic rings. The van der Waals surface area contributed by atoms with Crippen LogP contribution in [0.15, 0.2) is 0 Å². The van der Waals surface area contributed by atoms with E-state index in [1.54, 1.807) is 7.11 Å². The lowest BCUT2D eigenvalue weighted by molar-refractivity contribution is 0.00883. The molecule has 1 unspecified atom stereocenters. The first-order valence-corrected chi connectivity index (χ1v) is 4.54. The molecule has 0 fully saturated rings. The topological polar surface area (TPSA) is 71.0 Å². The van der Waals surface area contributed by atoms with E-state index in [2.05, 4.69) is 36.0 Å². The van der Waals surface area contributed by atoms with Crippen molar-refractivity contribution in [1.29, 1.82) is 0 Å². The summed E-state index contributed by atoms with van der Waals surface area (Å²) in [5.41, 5.74) is -0.0658. The molecule has 1 aromatic heterocycles. The summed E-state index contributed by atoms with van der Waals surface area (Å²) >= 11 is 0. The fourth-order valence-corrected chi connectivity index (χ4v) is 1.34. The monoisotopic (exact) mass is 199 g/mol. The average molecular weight is 199 g/mol. The molecular weight excluding hydrogens is 182 g/mol. The van der Waals surface area contributed by atoms with Crippen molar-refractivity contribution in [2.75, 3.05) is 7.11 Å². The molecule has 14 heavy (non-hydrogen) atoms. The molecule has 5 nitrogen and oxygen atoms in total. The van der Waals surface area contributed by atoms with Crippen LogP contribution in [-0.4, -0.2) is 27.4 Å². The minimum absolute atomic E-state index is 0.0658. The number of aromatic nitrogens is 3. The summed E-state index contributed by atoms with van der Waals surface area (Å²) in [5, 5.41) is 15.5.